The summed E-state index contributed by atoms with van der Waals surface area (Å²) in [5.41, 5.74) is 7.25. The first-order chi connectivity index (χ1) is 9.15. The van der Waals surface area contributed by atoms with Gasteiger partial charge in [0, 0.05) is 25.5 Å². The van der Waals surface area contributed by atoms with E-state index >= 15 is 0 Å². The van der Waals surface area contributed by atoms with Crippen molar-refractivity contribution in [2.24, 2.45) is 5.73 Å². The molecule has 0 radical (unpaired) electrons. The number of rotatable bonds is 4. The zero-order valence-corrected chi connectivity index (χ0v) is 11.1. The van der Waals surface area contributed by atoms with Crippen LogP contribution in [0.1, 0.15) is 18.1 Å². The number of aryl methyl sites for hydroxylation is 2. The monoisotopic (exact) mass is 259 g/mol. The summed E-state index contributed by atoms with van der Waals surface area (Å²) in [6, 6.07) is 5.68. The molecule has 2 rings (SSSR count). The fraction of sp³-hybridized carbons (Fsp3) is 0.286. The van der Waals surface area contributed by atoms with Crippen molar-refractivity contribution < 1.29 is 4.74 Å². The van der Waals surface area contributed by atoms with E-state index in [1.807, 2.05) is 32.0 Å². The lowest BCUT2D eigenvalue weighted by Crippen LogP contribution is -2.20. The molecule has 0 aliphatic carbocycles. The maximum absolute atomic E-state index is 12.0. The van der Waals surface area contributed by atoms with Gasteiger partial charge in [0.25, 0.3) is 5.88 Å². The van der Waals surface area contributed by atoms with Gasteiger partial charge in [-0.15, -0.1) is 0 Å². The molecular formula is C14H17N3O2. The molecule has 0 amide bonds. The van der Waals surface area contributed by atoms with Gasteiger partial charge in [0.15, 0.2) is 0 Å². The van der Waals surface area contributed by atoms with Crippen LogP contribution in [0.4, 0.5) is 0 Å². The summed E-state index contributed by atoms with van der Waals surface area (Å²) in [5.74, 6) is 0.697. The topological polar surface area (TPSA) is 70.1 Å². The molecule has 0 atom stereocenters. The van der Waals surface area contributed by atoms with E-state index in [4.69, 9.17) is 10.5 Å². The van der Waals surface area contributed by atoms with Crippen LogP contribution in [0.5, 0.6) is 11.6 Å². The standard InChI is InChI=1S/C14H17N3O2/c1-3-17-7-6-16-13(14(17)18)19-12-8-11(9-15)5-4-10(12)2/h4-8H,3,9,15H2,1-2H3. The summed E-state index contributed by atoms with van der Waals surface area (Å²) in [7, 11) is 0. The molecule has 0 aliphatic heterocycles. The lowest BCUT2D eigenvalue weighted by molar-refractivity contribution is 0.442. The van der Waals surface area contributed by atoms with Crippen molar-refractivity contribution in [3.63, 3.8) is 0 Å². The lowest BCUT2D eigenvalue weighted by Gasteiger charge is -2.10. The van der Waals surface area contributed by atoms with Gasteiger partial charge in [0.05, 0.1) is 0 Å². The summed E-state index contributed by atoms with van der Waals surface area (Å²) in [5, 5.41) is 0. The van der Waals surface area contributed by atoms with E-state index in [-0.39, 0.29) is 11.4 Å². The minimum atomic E-state index is -0.234. The van der Waals surface area contributed by atoms with Crippen molar-refractivity contribution in [2.45, 2.75) is 26.9 Å². The minimum absolute atomic E-state index is 0.0848. The number of aromatic nitrogens is 2. The summed E-state index contributed by atoms with van der Waals surface area (Å²) in [6.07, 6.45) is 3.20. The summed E-state index contributed by atoms with van der Waals surface area (Å²) in [4.78, 5) is 16.0. The molecule has 2 N–H and O–H groups in total. The van der Waals surface area contributed by atoms with Crippen LogP contribution in [0, 0.1) is 6.92 Å². The predicted octanol–water partition coefficient (Wildman–Crippen LogP) is 1.82. The van der Waals surface area contributed by atoms with Crippen LogP contribution in [-0.2, 0) is 13.1 Å². The van der Waals surface area contributed by atoms with Gasteiger partial charge < -0.3 is 15.0 Å². The van der Waals surface area contributed by atoms with Crippen molar-refractivity contribution in [1.82, 2.24) is 9.55 Å². The highest BCUT2D eigenvalue weighted by molar-refractivity contribution is 5.38. The van der Waals surface area contributed by atoms with E-state index in [9.17, 15) is 4.79 Å². The molecule has 0 spiro atoms. The smallest absolute Gasteiger partial charge is 0.313 e. The van der Waals surface area contributed by atoms with Gasteiger partial charge in [0.1, 0.15) is 5.75 Å². The molecule has 5 nitrogen and oxygen atoms in total. The number of nitrogens with two attached hydrogens (primary N) is 1. The average molecular weight is 259 g/mol. The normalized spacial score (nSPS) is 10.5. The van der Waals surface area contributed by atoms with Gasteiger partial charge in [-0.25, -0.2) is 4.98 Å². The number of hydrogen-bond donors (Lipinski definition) is 1. The Kier molecular flexibility index (Phi) is 3.97. The van der Waals surface area contributed by atoms with Gasteiger partial charge in [-0.2, -0.15) is 0 Å². The summed E-state index contributed by atoms with van der Waals surface area (Å²) in [6.45, 7) is 4.82. The Labute approximate surface area is 111 Å². The number of benzene rings is 1. The molecule has 0 saturated heterocycles. The maximum atomic E-state index is 12.0. The molecule has 1 heterocycles. The summed E-state index contributed by atoms with van der Waals surface area (Å²) < 4.78 is 7.17. The van der Waals surface area contributed by atoms with Gasteiger partial charge in [-0.3, -0.25) is 4.79 Å². The lowest BCUT2D eigenvalue weighted by atomic mass is 10.1. The van der Waals surface area contributed by atoms with Crippen LogP contribution in [0.3, 0.4) is 0 Å². The molecule has 19 heavy (non-hydrogen) atoms. The second kappa shape index (κ2) is 5.67. The molecule has 1 aromatic carbocycles. The minimum Gasteiger partial charge on any atom is -0.434 e. The Balaban J connectivity index is 2.39. The SMILES string of the molecule is CCn1ccnc(Oc2cc(CN)ccc2C)c1=O. The number of hydrogen-bond acceptors (Lipinski definition) is 4. The van der Waals surface area contributed by atoms with Gasteiger partial charge in [-0.1, -0.05) is 12.1 Å². The zero-order valence-electron chi connectivity index (χ0n) is 11.1. The second-order valence-corrected chi connectivity index (χ2v) is 4.23. The predicted molar refractivity (Wildman–Crippen MR) is 73.3 cm³/mol. The number of nitrogens with zero attached hydrogens (tertiary/aromatic N) is 2. The van der Waals surface area contributed by atoms with Crippen molar-refractivity contribution in [3.8, 4) is 11.6 Å². The third-order valence-corrected chi connectivity index (χ3v) is 2.92. The highest BCUT2D eigenvalue weighted by Gasteiger charge is 2.09. The van der Waals surface area contributed by atoms with Crippen molar-refractivity contribution in [2.75, 3.05) is 0 Å². The van der Waals surface area contributed by atoms with Crippen LogP contribution in [0.25, 0.3) is 0 Å². The van der Waals surface area contributed by atoms with Crippen LogP contribution < -0.4 is 16.0 Å². The fourth-order valence-corrected chi connectivity index (χ4v) is 1.73. The molecule has 0 fully saturated rings. The molecule has 2 aromatic rings. The largest absolute Gasteiger partial charge is 0.434 e. The molecule has 0 bridgehead atoms. The highest BCUT2D eigenvalue weighted by atomic mass is 16.5. The molecule has 0 saturated carbocycles. The molecule has 0 aliphatic rings. The third-order valence-electron chi connectivity index (χ3n) is 2.92. The Bertz CT molecular complexity index is 635. The Hall–Kier alpha value is -2.14. The quantitative estimate of drug-likeness (QED) is 0.909. The molecule has 0 unspecified atom stereocenters. The van der Waals surface area contributed by atoms with E-state index in [1.54, 1.807) is 17.0 Å². The van der Waals surface area contributed by atoms with Crippen LogP contribution in [0.15, 0.2) is 35.4 Å². The first-order valence-electron chi connectivity index (χ1n) is 6.18. The van der Waals surface area contributed by atoms with Gasteiger partial charge in [0.2, 0.25) is 0 Å². The van der Waals surface area contributed by atoms with Crippen molar-refractivity contribution >= 4 is 0 Å². The molecule has 100 valence electrons. The van der Waals surface area contributed by atoms with E-state index in [2.05, 4.69) is 4.98 Å². The Morgan fingerprint density at radius 3 is 2.89 bits per heavy atom. The molecule has 5 heteroatoms. The van der Waals surface area contributed by atoms with E-state index in [1.165, 1.54) is 0 Å². The van der Waals surface area contributed by atoms with E-state index in [0.717, 1.165) is 11.1 Å². The van der Waals surface area contributed by atoms with E-state index in [0.29, 0.717) is 18.8 Å². The van der Waals surface area contributed by atoms with Crippen LogP contribution in [-0.4, -0.2) is 9.55 Å². The van der Waals surface area contributed by atoms with Crippen LogP contribution >= 0.6 is 0 Å². The Morgan fingerprint density at radius 2 is 2.21 bits per heavy atom. The first-order valence-corrected chi connectivity index (χ1v) is 6.18. The average Bonchev–Trinajstić information content (AvgIpc) is 2.43. The molecular weight excluding hydrogens is 242 g/mol. The zero-order chi connectivity index (χ0) is 13.8. The fourth-order valence-electron chi connectivity index (χ4n) is 1.73. The maximum Gasteiger partial charge on any atom is 0.313 e. The highest BCUT2D eigenvalue weighted by Crippen LogP contribution is 2.23. The van der Waals surface area contributed by atoms with Gasteiger partial charge in [-0.05, 0) is 31.0 Å². The number of ether oxygens (including phenoxy) is 1. The first kappa shape index (κ1) is 13.3. The van der Waals surface area contributed by atoms with Crippen molar-refractivity contribution in [3.05, 3.63) is 52.1 Å². The molecule has 1 aromatic heterocycles. The van der Waals surface area contributed by atoms with E-state index < -0.39 is 0 Å². The Morgan fingerprint density at radius 1 is 1.42 bits per heavy atom. The second-order valence-electron chi connectivity index (χ2n) is 4.23. The summed E-state index contributed by atoms with van der Waals surface area (Å²) >= 11 is 0. The van der Waals surface area contributed by atoms with Crippen molar-refractivity contribution in [1.29, 1.82) is 0 Å². The third kappa shape index (κ3) is 2.82. The van der Waals surface area contributed by atoms with Gasteiger partial charge >= 0.3 is 5.56 Å². The van der Waals surface area contributed by atoms with Crippen LogP contribution in [0.2, 0.25) is 0 Å².